The first-order valence-corrected chi connectivity index (χ1v) is 13.0. The molecule has 194 valence electrons. The Morgan fingerprint density at radius 1 is 1.21 bits per heavy atom. The van der Waals surface area contributed by atoms with E-state index in [-0.39, 0.29) is 36.7 Å². The number of quaternary nitrogens is 1. The minimum Gasteiger partial charge on any atom is -0.726 e. The van der Waals surface area contributed by atoms with E-state index in [0.29, 0.717) is 19.3 Å². The molecule has 0 amide bonds. The predicted molar refractivity (Wildman–Crippen MR) is 122 cm³/mol. The van der Waals surface area contributed by atoms with Gasteiger partial charge in [-0.25, -0.2) is 17.2 Å². The van der Waals surface area contributed by atoms with Crippen LogP contribution in [0.3, 0.4) is 0 Å². The minimum atomic E-state index is -4.99. The largest absolute Gasteiger partial charge is 0.726 e. The molecule has 3 aliphatic rings. The lowest BCUT2D eigenvalue weighted by Crippen LogP contribution is -2.46. The van der Waals surface area contributed by atoms with Crippen LogP contribution in [0.15, 0.2) is 12.1 Å². The molecule has 0 aliphatic heterocycles. The number of hydrogen-bond donors (Lipinski definition) is 0. The Labute approximate surface area is 201 Å². The number of hydrogen-bond acceptors (Lipinski definition) is 6. The maximum absolute atomic E-state index is 14.7. The molecule has 0 unspecified atom stereocenters. The highest BCUT2D eigenvalue weighted by Crippen LogP contribution is 2.62. The second-order valence-electron chi connectivity index (χ2n) is 11.4. The summed E-state index contributed by atoms with van der Waals surface area (Å²) < 4.78 is 78.5. The number of fused-ring (bicyclic) bond motifs is 5. The molecule has 4 rings (SSSR count). The lowest BCUT2D eigenvalue weighted by molar-refractivity contribution is -0.849. The molecule has 0 spiro atoms. The number of nitrogens with zero attached hydrogens (tertiary/aromatic N) is 1. The molecule has 1 aromatic carbocycles. The van der Waals surface area contributed by atoms with Crippen molar-refractivity contribution in [1.29, 1.82) is 0 Å². The van der Waals surface area contributed by atoms with Crippen LogP contribution in [0.25, 0.3) is 0 Å². The zero-order valence-electron chi connectivity index (χ0n) is 20.8. The summed E-state index contributed by atoms with van der Waals surface area (Å²) in [6, 6.07) is 3.23. The summed E-state index contributed by atoms with van der Waals surface area (Å²) in [5, 5.41) is 0. The maximum atomic E-state index is 14.7. The van der Waals surface area contributed by atoms with Crippen molar-refractivity contribution in [3.63, 3.8) is 0 Å². The van der Waals surface area contributed by atoms with Gasteiger partial charge in [-0.1, -0.05) is 6.92 Å². The highest BCUT2D eigenvalue weighted by molar-refractivity contribution is 7.80. The summed E-state index contributed by atoms with van der Waals surface area (Å²) in [4.78, 5) is 0. The number of methoxy groups -OCH3 is 1. The average Bonchev–Trinajstić information content (AvgIpc) is 2.94. The minimum absolute atomic E-state index is 0.0376. The van der Waals surface area contributed by atoms with Gasteiger partial charge in [0.25, 0.3) is 0 Å². The van der Waals surface area contributed by atoms with Crippen molar-refractivity contribution in [3.8, 4) is 5.75 Å². The fraction of sp³-hybridized carbons (Fsp3) is 0.750. The summed E-state index contributed by atoms with van der Waals surface area (Å²) in [7, 11) is 4.98. The van der Waals surface area contributed by atoms with E-state index < -0.39 is 33.9 Å². The van der Waals surface area contributed by atoms with E-state index in [9.17, 15) is 21.8 Å². The Kier molecular flexibility index (Phi) is 7.99. The van der Waals surface area contributed by atoms with Gasteiger partial charge in [-0.3, -0.25) is 4.18 Å². The lowest BCUT2D eigenvalue weighted by Gasteiger charge is -2.50. The molecule has 10 heteroatoms. The third kappa shape index (κ3) is 6.07. The van der Waals surface area contributed by atoms with Crippen LogP contribution in [0.5, 0.6) is 5.75 Å². The molecule has 2 fully saturated rings. The molecule has 1 aromatic rings. The number of rotatable bonds is 5. The fourth-order valence-corrected chi connectivity index (χ4v) is 6.62. The second-order valence-corrected chi connectivity index (χ2v) is 12.4. The molecule has 0 N–H and O–H groups in total. The van der Waals surface area contributed by atoms with Crippen LogP contribution in [0.2, 0.25) is 0 Å². The van der Waals surface area contributed by atoms with Gasteiger partial charge < -0.3 is 18.5 Å². The molecule has 0 radical (unpaired) electrons. The first-order chi connectivity index (χ1) is 15.6. The van der Waals surface area contributed by atoms with Crippen LogP contribution in [0, 0.1) is 23.1 Å². The molecule has 0 saturated heterocycles. The third-order valence-electron chi connectivity index (χ3n) is 7.23. The topological polar surface area (TPSA) is 84.9 Å². The summed E-state index contributed by atoms with van der Waals surface area (Å²) in [6.07, 6.45) is 0.0710. The van der Waals surface area contributed by atoms with Gasteiger partial charge in [0, 0.05) is 12.5 Å². The molecule has 6 atom stereocenters. The van der Waals surface area contributed by atoms with Gasteiger partial charge in [0.1, 0.15) is 12.3 Å². The predicted octanol–water partition coefficient (Wildman–Crippen LogP) is 3.78. The van der Waals surface area contributed by atoms with E-state index in [1.54, 1.807) is 6.07 Å². The van der Waals surface area contributed by atoms with E-state index in [1.165, 1.54) is 13.2 Å². The molecule has 0 bridgehead atoms. The van der Waals surface area contributed by atoms with E-state index in [2.05, 4.69) is 32.4 Å². The lowest BCUT2D eigenvalue weighted by atomic mass is 9.55. The third-order valence-corrected chi connectivity index (χ3v) is 7.67. The fourth-order valence-electron chi connectivity index (χ4n) is 6.03. The first-order valence-electron chi connectivity index (χ1n) is 11.6. The summed E-state index contributed by atoms with van der Waals surface area (Å²) in [5.74, 6) is -0.263. The van der Waals surface area contributed by atoms with Gasteiger partial charge in [-0.15, -0.1) is 0 Å². The first kappa shape index (κ1) is 27.3. The number of aryl methyl sites for hydroxylation is 1. The van der Waals surface area contributed by atoms with Crippen LogP contribution in [0.4, 0.5) is 8.78 Å². The zero-order chi connectivity index (χ0) is 25.5. The van der Waals surface area contributed by atoms with Crippen LogP contribution >= 0.6 is 0 Å². The monoisotopic (exact) mass is 505 g/mol. The molecule has 34 heavy (non-hydrogen) atoms. The number of alkyl halides is 1. The van der Waals surface area contributed by atoms with Crippen molar-refractivity contribution in [2.75, 3.05) is 42.1 Å². The van der Waals surface area contributed by atoms with Gasteiger partial charge in [0.2, 0.25) is 10.4 Å². The average molecular weight is 506 g/mol. The van der Waals surface area contributed by atoms with Crippen LogP contribution in [-0.2, 0) is 25.7 Å². The Balaban J connectivity index is 0.000000588. The summed E-state index contributed by atoms with van der Waals surface area (Å²) in [6.45, 7) is 1.78. The molecule has 0 heterocycles. The van der Waals surface area contributed by atoms with E-state index in [0.717, 1.165) is 22.0 Å². The Bertz CT molecular complexity index is 976. The van der Waals surface area contributed by atoms with Gasteiger partial charge in [-0.2, -0.15) is 0 Å². The molecule has 7 nitrogen and oxygen atoms in total. The van der Waals surface area contributed by atoms with Crippen LogP contribution in [0.1, 0.15) is 49.7 Å². The Morgan fingerprint density at radius 3 is 2.44 bits per heavy atom. The smallest absolute Gasteiger partial charge is 0.218 e. The van der Waals surface area contributed by atoms with Gasteiger partial charge in [0.15, 0.2) is 18.4 Å². The highest BCUT2D eigenvalue weighted by atomic mass is 32.3. The summed E-state index contributed by atoms with van der Waals surface area (Å²) in [5.41, 5.74) is 1.21. The summed E-state index contributed by atoms with van der Waals surface area (Å²) >= 11 is 0. The van der Waals surface area contributed by atoms with Gasteiger partial charge in [0.05, 0.1) is 28.2 Å². The standard InChI is InChI=1S/C20H26F2O6S.C4H12N/c1-20-6-5-12-13(15(20)9-17(22)19(20)28-29(23,24)25)4-3-11-7-18(27-10-26-2)16(21)8-14(11)12;1-5(2,3)4/h7-8,12-13,15,17,19H,3-6,9-10H2,1-2H3,(H,23,24,25);1-4H3/q;+1/p-1/t12-,13+,15-,17+,19-,20-;/m0./s1. The number of benzene rings is 1. The van der Waals surface area contributed by atoms with Crippen LogP contribution in [-0.4, -0.2) is 71.8 Å². The van der Waals surface area contributed by atoms with Crippen molar-refractivity contribution in [2.24, 2.45) is 17.3 Å². The molecule has 0 aromatic heterocycles. The van der Waals surface area contributed by atoms with Crippen molar-refractivity contribution >= 4 is 10.4 Å². The SMILES string of the molecule is COCOc1cc2c(cc1F)[C@H]1CC[C@@]3(C)[C@@H](C[C@@H](F)[C@@H]3OS(=O)(=O)[O-])[C@@H]1CC2.C[N+](C)(C)C. The normalized spacial score (nSPS) is 32.7. The number of halogens is 2. The molecule has 3 aliphatic carbocycles. The number of ether oxygens (including phenoxy) is 2. The highest BCUT2D eigenvalue weighted by Gasteiger charge is 2.60. The van der Waals surface area contributed by atoms with Crippen LogP contribution < -0.4 is 4.74 Å². The van der Waals surface area contributed by atoms with E-state index >= 15 is 0 Å². The maximum Gasteiger partial charge on any atom is 0.218 e. The molecular formula is C24H37F2NO6S. The Hall–Kier alpha value is -1.33. The van der Waals surface area contributed by atoms with E-state index in [1.807, 2.05) is 6.92 Å². The van der Waals surface area contributed by atoms with Gasteiger partial charge >= 0.3 is 0 Å². The van der Waals surface area contributed by atoms with Crippen molar-refractivity contribution < 1.29 is 39.9 Å². The second kappa shape index (κ2) is 9.97. The van der Waals surface area contributed by atoms with Crippen molar-refractivity contribution in [1.82, 2.24) is 0 Å². The quantitative estimate of drug-likeness (QED) is 0.262. The van der Waals surface area contributed by atoms with Crippen molar-refractivity contribution in [3.05, 3.63) is 29.1 Å². The van der Waals surface area contributed by atoms with Gasteiger partial charge in [-0.05, 0) is 73.1 Å². The zero-order valence-corrected chi connectivity index (χ0v) is 21.7. The van der Waals surface area contributed by atoms with Crippen molar-refractivity contribution in [2.45, 2.75) is 57.2 Å². The van der Waals surface area contributed by atoms with E-state index in [4.69, 9.17) is 9.47 Å². The Morgan fingerprint density at radius 2 is 1.85 bits per heavy atom. The molecular weight excluding hydrogens is 468 g/mol. The molecule has 2 saturated carbocycles.